The standard InChI is InChI=1S/C21H21N2/c1-13-8-9-14(2)17(10-13)19-12-22-21-18(23(19)4)11-16-7-5-6-15(3)20(16)21/h5-10,12H,11H2,1-4H3/q+1. The van der Waals surface area contributed by atoms with Gasteiger partial charge in [0.1, 0.15) is 18.9 Å². The quantitative estimate of drug-likeness (QED) is 0.484. The SMILES string of the molecule is Cc1ccc(C)c(-c2cnc3c([n+]2C)Cc2cccc(C)c2-3)c1. The summed E-state index contributed by atoms with van der Waals surface area (Å²) in [6, 6.07) is 13.2. The molecule has 0 N–H and O–H groups in total. The maximum absolute atomic E-state index is 4.85. The third-order valence-electron chi connectivity index (χ3n) is 4.98. The number of fused-ring (bicyclic) bond motifs is 3. The third-order valence-corrected chi connectivity index (χ3v) is 4.98. The zero-order valence-corrected chi connectivity index (χ0v) is 14.1. The van der Waals surface area contributed by atoms with Gasteiger partial charge in [-0.3, -0.25) is 0 Å². The molecule has 2 aromatic carbocycles. The molecule has 0 aliphatic heterocycles. The van der Waals surface area contributed by atoms with Crippen LogP contribution in [-0.2, 0) is 13.5 Å². The highest BCUT2D eigenvalue weighted by Crippen LogP contribution is 2.36. The van der Waals surface area contributed by atoms with Crippen molar-refractivity contribution in [3.8, 4) is 22.5 Å². The number of benzene rings is 2. The van der Waals surface area contributed by atoms with Crippen molar-refractivity contribution in [3.05, 3.63) is 70.5 Å². The first-order chi connectivity index (χ1) is 11.1. The van der Waals surface area contributed by atoms with Gasteiger partial charge in [-0.25, -0.2) is 4.98 Å². The topological polar surface area (TPSA) is 16.8 Å². The van der Waals surface area contributed by atoms with E-state index in [1.165, 1.54) is 44.8 Å². The van der Waals surface area contributed by atoms with Crippen LogP contribution < -0.4 is 4.57 Å². The van der Waals surface area contributed by atoms with Crippen molar-refractivity contribution in [2.24, 2.45) is 7.05 Å². The van der Waals surface area contributed by atoms with E-state index < -0.39 is 0 Å². The van der Waals surface area contributed by atoms with Crippen molar-refractivity contribution in [1.82, 2.24) is 4.98 Å². The minimum Gasteiger partial charge on any atom is -0.243 e. The molecule has 0 saturated heterocycles. The van der Waals surface area contributed by atoms with Gasteiger partial charge in [0.15, 0.2) is 0 Å². The van der Waals surface area contributed by atoms with E-state index in [-0.39, 0.29) is 0 Å². The lowest BCUT2D eigenvalue weighted by Gasteiger charge is -2.08. The van der Waals surface area contributed by atoms with E-state index in [1.54, 1.807) is 0 Å². The van der Waals surface area contributed by atoms with Gasteiger partial charge in [-0.2, -0.15) is 4.57 Å². The van der Waals surface area contributed by atoms with E-state index in [1.807, 2.05) is 6.20 Å². The molecule has 3 aromatic rings. The summed E-state index contributed by atoms with van der Waals surface area (Å²) in [6.07, 6.45) is 3.00. The molecule has 23 heavy (non-hydrogen) atoms. The Labute approximate surface area is 137 Å². The Hall–Kier alpha value is -2.48. The number of hydrogen-bond acceptors (Lipinski definition) is 1. The molecule has 114 valence electrons. The molecule has 4 rings (SSSR count). The van der Waals surface area contributed by atoms with Crippen LogP contribution in [0.15, 0.2) is 42.6 Å². The summed E-state index contributed by atoms with van der Waals surface area (Å²) in [6.45, 7) is 6.48. The Bertz CT molecular complexity index is 939. The first kappa shape index (κ1) is 14.1. The van der Waals surface area contributed by atoms with Crippen molar-refractivity contribution in [1.29, 1.82) is 0 Å². The van der Waals surface area contributed by atoms with Gasteiger partial charge >= 0.3 is 0 Å². The van der Waals surface area contributed by atoms with Crippen molar-refractivity contribution >= 4 is 0 Å². The Morgan fingerprint density at radius 2 is 1.83 bits per heavy atom. The molecule has 1 aliphatic rings. The molecule has 0 saturated carbocycles. The summed E-state index contributed by atoms with van der Waals surface area (Å²) in [5.41, 5.74) is 11.5. The minimum atomic E-state index is 0.967. The highest BCUT2D eigenvalue weighted by atomic mass is 15.0. The van der Waals surface area contributed by atoms with Crippen molar-refractivity contribution in [2.45, 2.75) is 27.2 Å². The van der Waals surface area contributed by atoms with Crippen LogP contribution in [0.3, 0.4) is 0 Å². The Kier molecular flexibility index (Phi) is 3.08. The predicted molar refractivity (Wildman–Crippen MR) is 93.3 cm³/mol. The van der Waals surface area contributed by atoms with Crippen LogP contribution in [0.25, 0.3) is 22.5 Å². The fourth-order valence-corrected chi connectivity index (χ4v) is 3.66. The second-order valence-corrected chi connectivity index (χ2v) is 6.60. The molecular weight excluding hydrogens is 280 g/mol. The van der Waals surface area contributed by atoms with Crippen molar-refractivity contribution in [3.63, 3.8) is 0 Å². The van der Waals surface area contributed by atoms with Gasteiger partial charge in [-0.1, -0.05) is 35.9 Å². The maximum Gasteiger partial charge on any atom is 0.231 e. The average molecular weight is 301 g/mol. The highest BCUT2D eigenvalue weighted by molar-refractivity contribution is 5.75. The molecule has 0 radical (unpaired) electrons. The van der Waals surface area contributed by atoms with Gasteiger partial charge in [0.25, 0.3) is 0 Å². The molecule has 2 nitrogen and oxygen atoms in total. The Balaban J connectivity index is 1.94. The number of aromatic nitrogens is 2. The van der Waals surface area contributed by atoms with Crippen molar-refractivity contribution in [2.75, 3.05) is 0 Å². The first-order valence-corrected chi connectivity index (χ1v) is 8.10. The minimum absolute atomic E-state index is 0.967. The van der Waals surface area contributed by atoms with Crippen LogP contribution in [0.1, 0.15) is 27.9 Å². The zero-order chi connectivity index (χ0) is 16.1. The normalized spacial score (nSPS) is 12.2. The molecule has 0 bridgehead atoms. The third kappa shape index (κ3) is 2.09. The van der Waals surface area contributed by atoms with Gasteiger partial charge < -0.3 is 0 Å². The molecule has 1 aromatic heterocycles. The van der Waals surface area contributed by atoms with Gasteiger partial charge in [0.2, 0.25) is 11.4 Å². The lowest BCUT2D eigenvalue weighted by atomic mass is 10.0. The molecule has 0 amide bonds. The molecular formula is C21H21N2+. The van der Waals surface area contributed by atoms with Crippen LogP contribution in [0.5, 0.6) is 0 Å². The van der Waals surface area contributed by atoms with Crippen LogP contribution in [-0.4, -0.2) is 4.98 Å². The number of rotatable bonds is 1. The number of hydrogen-bond donors (Lipinski definition) is 0. The van der Waals surface area contributed by atoms with Crippen LogP contribution in [0.2, 0.25) is 0 Å². The van der Waals surface area contributed by atoms with Gasteiger partial charge in [-0.15, -0.1) is 0 Å². The average Bonchev–Trinajstić information content (AvgIpc) is 2.91. The molecule has 1 heterocycles. The van der Waals surface area contributed by atoms with E-state index in [0.29, 0.717) is 0 Å². The maximum atomic E-state index is 4.85. The highest BCUT2D eigenvalue weighted by Gasteiger charge is 2.30. The summed E-state index contributed by atoms with van der Waals surface area (Å²) in [4.78, 5) is 4.85. The van der Waals surface area contributed by atoms with E-state index in [9.17, 15) is 0 Å². The zero-order valence-electron chi connectivity index (χ0n) is 14.1. The van der Waals surface area contributed by atoms with E-state index in [4.69, 9.17) is 4.98 Å². The predicted octanol–water partition coefficient (Wildman–Crippen LogP) is 4.07. The molecule has 0 spiro atoms. The molecule has 0 unspecified atom stereocenters. The molecule has 0 fully saturated rings. The van der Waals surface area contributed by atoms with Gasteiger partial charge in [-0.05, 0) is 43.5 Å². The fourth-order valence-electron chi connectivity index (χ4n) is 3.66. The number of aryl methyl sites for hydroxylation is 3. The second-order valence-electron chi connectivity index (χ2n) is 6.60. The summed E-state index contributed by atoms with van der Waals surface area (Å²) >= 11 is 0. The lowest BCUT2D eigenvalue weighted by Crippen LogP contribution is -2.36. The summed E-state index contributed by atoms with van der Waals surface area (Å²) in [5, 5.41) is 0. The summed E-state index contributed by atoms with van der Waals surface area (Å²) in [7, 11) is 2.17. The Morgan fingerprint density at radius 1 is 1.00 bits per heavy atom. The number of nitrogens with zero attached hydrogens (tertiary/aromatic N) is 2. The van der Waals surface area contributed by atoms with Crippen LogP contribution in [0, 0.1) is 20.8 Å². The van der Waals surface area contributed by atoms with Crippen molar-refractivity contribution < 1.29 is 4.57 Å². The first-order valence-electron chi connectivity index (χ1n) is 8.10. The van der Waals surface area contributed by atoms with E-state index >= 15 is 0 Å². The van der Waals surface area contributed by atoms with E-state index in [0.717, 1.165) is 12.1 Å². The lowest BCUT2D eigenvalue weighted by molar-refractivity contribution is -0.667. The summed E-state index contributed by atoms with van der Waals surface area (Å²) < 4.78 is 2.32. The molecule has 2 heteroatoms. The molecule has 0 atom stereocenters. The largest absolute Gasteiger partial charge is 0.243 e. The van der Waals surface area contributed by atoms with Crippen LogP contribution in [0.4, 0.5) is 0 Å². The fraction of sp³-hybridized carbons (Fsp3) is 0.238. The monoisotopic (exact) mass is 301 g/mol. The molecule has 1 aliphatic carbocycles. The van der Waals surface area contributed by atoms with Crippen LogP contribution >= 0.6 is 0 Å². The van der Waals surface area contributed by atoms with Gasteiger partial charge in [0, 0.05) is 5.56 Å². The smallest absolute Gasteiger partial charge is 0.231 e. The van der Waals surface area contributed by atoms with E-state index in [2.05, 4.69) is 68.8 Å². The Morgan fingerprint density at radius 3 is 2.65 bits per heavy atom. The van der Waals surface area contributed by atoms with Gasteiger partial charge in [0.05, 0.1) is 12.0 Å². The summed E-state index contributed by atoms with van der Waals surface area (Å²) in [5.74, 6) is 0. The second kappa shape index (κ2) is 5.02.